The van der Waals surface area contributed by atoms with E-state index >= 15 is 0 Å². The highest BCUT2D eigenvalue weighted by Gasteiger charge is 2.18. The highest BCUT2D eigenvalue weighted by Crippen LogP contribution is 2.07. The lowest BCUT2D eigenvalue weighted by atomic mass is 10.3. The van der Waals surface area contributed by atoms with E-state index in [0.29, 0.717) is 13.1 Å². The Balaban J connectivity index is 0.000000423. The lowest BCUT2D eigenvalue weighted by Crippen LogP contribution is -2.35. The number of rotatable bonds is 4. The molecule has 5 nitrogen and oxygen atoms in total. The van der Waals surface area contributed by atoms with Crippen molar-refractivity contribution < 1.29 is 5.11 Å². The van der Waals surface area contributed by atoms with Crippen LogP contribution in [0.15, 0.2) is 17.6 Å². The monoisotopic (exact) mass is 214 g/mol. The number of hydrogen-bond donors (Lipinski definition) is 3. The Hall–Kier alpha value is -0.910. The minimum Gasteiger partial charge on any atom is -0.374 e. The Bertz CT molecular complexity index is 202. The summed E-state index contributed by atoms with van der Waals surface area (Å²) in [6.45, 7) is 8.21. The zero-order chi connectivity index (χ0) is 11.7. The second-order valence-electron chi connectivity index (χ2n) is 3.19. The average molecular weight is 214 g/mol. The van der Waals surface area contributed by atoms with E-state index in [1.165, 1.54) is 0 Å². The number of hydrogen-bond acceptors (Lipinski definition) is 5. The van der Waals surface area contributed by atoms with Crippen LogP contribution in [-0.2, 0) is 0 Å². The van der Waals surface area contributed by atoms with Crippen molar-refractivity contribution in [2.75, 3.05) is 26.2 Å². The Morgan fingerprint density at radius 3 is 2.60 bits per heavy atom. The molecule has 0 saturated carbocycles. The van der Waals surface area contributed by atoms with Gasteiger partial charge in [-0.1, -0.05) is 6.08 Å². The van der Waals surface area contributed by atoms with Gasteiger partial charge in [-0.15, -0.1) is 6.58 Å². The summed E-state index contributed by atoms with van der Waals surface area (Å²) in [5.41, 5.74) is 9.81. The number of nitrogens with zero attached hydrogens (tertiary/aromatic N) is 2. The van der Waals surface area contributed by atoms with E-state index in [0.717, 1.165) is 25.3 Å². The maximum absolute atomic E-state index is 9.26. The van der Waals surface area contributed by atoms with Crippen molar-refractivity contribution in [2.24, 2.45) is 16.5 Å². The van der Waals surface area contributed by atoms with Crippen LogP contribution in [0, 0.1) is 0 Å². The number of aliphatic imine (C=N–C) groups is 1. The molecule has 88 valence electrons. The molecular weight excluding hydrogens is 192 g/mol. The first-order valence-electron chi connectivity index (χ1n) is 5.16. The minimum atomic E-state index is -0.420. The summed E-state index contributed by atoms with van der Waals surface area (Å²) in [7, 11) is 0. The first-order valence-corrected chi connectivity index (χ1v) is 5.16. The van der Waals surface area contributed by atoms with Gasteiger partial charge in [-0.2, -0.15) is 0 Å². The molecule has 1 aliphatic heterocycles. The normalized spacial score (nSPS) is 16.5. The third kappa shape index (κ3) is 5.51. The van der Waals surface area contributed by atoms with E-state index in [1.807, 2.05) is 4.90 Å². The van der Waals surface area contributed by atoms with E-state index < -0.39 is 6.23 Å². The fraction of sp³-hybridized carbons (Fsp3) is 0.700. The third-order valence-electron chi connectivity index (χ3n) is 1.91. The lowest BCUT2D eigenvalue weighted by Gasteiger charge is -2.22. The van der Waals surface area contributed by atoms with Crippen LogP contribution in [0.25, 0.3) is 0 Å². The van der Waals surface area contributed by atoms with E-state index in [1.54, 1.807) is 13.0 Å². The Morgan fingerprint density at radius 2 is 2.20 bits per heavy atom. The quantitative estimate of drug-likeness (QED) is 0.551. The molecule has 1 rings (SSSR count). The zero-order valence-corrected chi connectivity index (χ0v) is 9.39. The van der Waals surface area contributed by atoms with E-state index in [4.69, 9.17) is 11.5 Å². The molecule has 1 atom stereocenters. The molecule has 15 heavy (non-hydrogen) atoms. The van der Waals surface area contributed by atoms with Crippen molar-refractivity contribution in [1.82, 2.24) is 4.90 Å². The van der Waals surface area contributed by atoms with Crippen molar-refractivity contribution in [3.05, 3.63) is 12.7 Å². The molecule has 0 aliphatic carbocycles. The molecule has 1 heterocycles. The summed E-state index contributed by atoms with van der Waals surface area (Å²) >= 11 is 0. The van der Waals surface area contributed by atoms with Gasteiger partial charge in [-0.25, -0.2) is 0 Å². The highest BCUT2D eigenvalue weighted by atomic mass is 16.3. The van der Waals surface area contributed by atoms with Crippen LogP contribution < -0.4 is 11.5 Å². The molecule has 5 heteroatoms. The van der Waals surface area contributed by atoms with Gasteiger partial charge in [0.25, 0.3) is 0 Å². The SMILES string of the molecule is C=CCC1=NCCN1C(C)O.NCCN. The van der Waals surface area contributed by atoms with Crippen molar-refractivity contribution in [3.63, 3.8) is 0 Å². The fourth-order valence-corrected chi connectivity index (χ4v) is 1.22. The predicted molar refractivity (Wildman–Crippen MR) is 63.6 cm³/mol. The van der Waals surface area contributed by atoms with Crippen LogP contribution in [0.4, 0.5) is 0 Å². The van der Waals surface area contributed by atoms with E-state index in [2.05, 4.69) is 11.6 Å². The Labute approximate surface area is 91.5 Å². The Morgan fingerprint density at radius 1 is 1.60 bits per heavy atom. The van der Waals surface area contributed by atoms with Crippen LogP contribution >= 0.6 is 0 Å². The standard InChI is InChI=1S/C8H14N2O.C2H8N2/c1-3-4-8-9-5-6-10(8)7(2)11;3-1-2-4/h3,7,11H,1,4-6H2,2H3;1-4H2. The van der Waals surface area contributed by atoms with Gasteiger partial charge >= 0.3 is 0 Å². The fourth-order valence-electron chi connectivity index (χ4n) is 1.22. The molecular formula is C10H22N4O. The van der Waals surface area contributed by atoms with Gasteiger partial charge < -0.3 is 21.5 Å². The topological polar surface area (TPSA) is 87.9 Å². The summed E-state index contributed by atoms with van der Waals surface area (Å²) in [5.74, 6) is 0.954. The lowest BCUT2D eigenvalue weighted by molar-refractivity contribution is 0.0772. The molecule has 1 unspecified atom stereocenters. The highest BCUT2D eigenvalue weighted by molar-refractivity contribution is 5.85. The van der Waals surface area contributed by atoms with Gasteiger partial charge in [0.15, 0.2) is 0 Å². The molecule has 0 saturated heterocycles. The third-order valence-corrected chi connectivity index (χ3v) is 1.91. The minimum absolute atomic E-state index is 0.420. The maximum Gasteiger partial charge on any atom is 0.125 e. The maximum atomic E-state index is 9.26. The van der Waals surface area contributed by atoms with Crippen LogP contribution in [-0.4, -0.2) is 48.2 Å². The number of amidine groups is 1. The summed E-state index contributed by atoms with van der Waals surface area (Å²) in [4.78, 5) is 6.13. The van der Waals surface area contributed by atoms with E-state index in [-0.39, 0.29) is 0 Å². The molecule has 0 aromatic carbocycles. The van der Waals surface area contributed by atoms with Gasteiger partial charge in [0.05, 0.1) is 6.54 Å². The molecule has 1 aliphatic rings. The zero-order valence-electron chi connectivity index (χ0n) is 9.39. The second kappa shape index (κ2) is 8.40. The van der Waals surface area contributed by atoms with Crippen LogP contribution in [0.3, 0.4) is 0 Å². The predicted octanol–water partition coefficient (Wildman–Crippen LogP) is -0.481. The number of aliphatic hydroxyl groups is 1. The molecule has 0 spiro atoms. The van der Waals surface area contributed by atoms with Gasteiger partial charge in [-0.3, -0.25) is 4.99 Å². The average Bonchev–Trinajstić information content (AvgIpc) is 2.67. The molecule has 0 bridgehead atoms. The smallest absolute Gasteiger partial charge is 0.125 e. The van der Waals surface area contributed by atoms with Gasteiger partial charge in [0.1, 0.15) is 12.1 Å². The Kier molecular flexibility index (Phi) is 7.89. The number of nitrogens with two attached hydrogens (primary N) is 2. The van der Waals surface area contributed by atoms with Crippen LogP contribution in [0.5, 0.6) is 0 Å². The van der Waals surface area contributed by atoms with Gasteiger partial charge in [0.2, 0.25) is 0 Å². The molecule has 0 aromatic rings. The summed E-state index contributed by atoms with van der Waals surface area (Å²) in [5, 5.41) is 9.26. The van der Waals surface area contributed by atoms with Crippen molar-refractivity contribution in [3.8, 4) is 0 Å². The first-order chi connectivity index (χ1) is 7.17. The summed E-state index contributed by atoms with van der Waals surface area (Å²) in [6.07, 6.45) is 2.14. The molecule has 0 radical (unpaired) electrons. The van der Waals surface area contributed by atoms with Crippen LogP contribution in [0.2, 0.25) is 0 Å². The molecule has 0 aromatic heterocycles. The largest absolute Gasteiger partial charge is 0.374 e. The summed E-state index contributed by atoms with van der Waals surface area (Å²) < 4.78 is 0. The van der Waals surface area contributed by atoms with Crippen molar-refractivity contribution in [2.45, 2.75) is 19.6 Å². The number of aliphatic hydroxyl groups excluding tert-OH is 1. The van der Waals surface area contributed by atoms with E-state index in [9.17, 15) is 5.11 Å². The second-order valence-corrected chi connectivity index (χ2v) is 3.19. The molecule has 5 N–H and O–H groups in total. The molecule has 0 amide bonds. The molecule has 0 fully saturated rings. The van der Waals surface area contributed by atoms with Crippen molar-refractivity contribution >= 4 is 5.84 Å². The summed E-state index contributed by atoms with van der Waals surface area (Å²) in [6, 6.07) is 0. The van der Waals surface area contributed by atoms with Crippen molar-refractivity contribution in [1.29, 1.82) is 0 Å². The van der Waals surface area contributed by atoms with Crippen LogP contribution in [0.1, 0.15) is 13.3 Å². The van der Waals surface area contributed by atoms with Gasteiger partial charge in [0, 0.05) is 26.1 Å². The van der Waals surface area contributed by atoms with Gasteiger partial charge in [-0.05, 0) is 6.92 Å². The first kappa shape index (κ1) is 14.1.